The van der Waals surface area contributed by atoms with Crippen LogP contribution in [0.4, 0.5) is 20.7 Å². The van der Waals surface area contributed by atoms with Crippen molar-refractivity contribution in [3.8, 4) is 11.3 Å². The highest BCUT2D eigenvalue weighted by Crippen LogP contribution is 2.23. The molecule has 4 rings (SSSR count). The molecule has 0 aliphatic rings. The van der Waals surface area contributed by atoms with E-state index in [9.17, 15) is 14.0 Å². The summed E-state index contributed by atoms with van der Waals surface area (Å²) in [4.78, 5) is 37.8. The number of halogens is 1. The van der Waals surface area contributed by atoms with Gasteiger partial charge in [-0.25, -0.2) is 19.7 Å². The fraction of sp³-hybridized carbons (Fsp3) is 0.0952. The molecule has 1 N–H and O–H groups in total. The van der Waals surface area contributed by atoms with E-state index >= 15 is 0 Å². The number of nitrogens with one attached hydrogen (secondary N) is 1. The molecule has 0 aliphatic carbocycles. The van der Waals surface area contributed by atoms with E-state index in [1.807, 2.05) is 0 Å². The highest BCUT2D eigenvalue weighted by atomic mass is 19.1. The third-order valence-corrected chi connectivity index (χ3v) is 4.63. The Morgan fingerprint density at radius 2 is 1.87 bits per heavy atom. The number of nitrogens with zero attached hydrogens (tertiary/aromatic N) is 5. The fourth-order valence-electron chi connectivity index (χ4n) is 2.97. The average Bonchev–Trinajstić information content (AvgIpc) is 3.22. The van der Waals surface area contributed by atoms with Crippen LogP contribution in [0.5, 0.6) is 0 Å². The quantitative estimate of drug-likeness (QED) is 0.508. The molecule has 4 aromatic heterocycles. The summed E-state index contributed by atoms with van der Waals surface area (Å²) >= 11 is 0. The standard InChI is InChI=1S/C21H17FN6O3/c1-27(15-5-6-17(22)23-10-15)20(29)14-4-8-19-25-11-16(28(19)12-14)13-3-7-18(24-9-13)26-21(30)31-2/h3-12H,1-2H3,(H,24,26,30). The van der Waals surface area contributed by atoms with Crippen LogP contribution in [0.15, 0.2) is 61.2 Å². The Morgan fingerprint density at radius 3 is 2.55 bits per heavy atom. The summed E-state index contributed by atoms with van der Waals surface area (Å²) in [6.45, 7) is 0. The van der Waals surface area contributed by atoms with Gasteiger partial charge >= 0.3 is 6.09 Å². The number of ether oxygens (including phenoxy) is 1. The predicted octanol–water partition coefficient (Wildman–Crippen LogP) is 3.39. The normalized spacial score (nSPS) is 10.7. The van der Waals surface area contributed by atoms with Gasteiger partial charge in [0.25, 0.3) is 5.91 Å². The van der Waals surface area contributed by atoms with Gasteiger partial charge in [0, 0.05) is 25.0 Å². The zero-order chi connectivity index (χ0) is 22.0. The second-order valence-electron chi connectivity index (χ2n) is 6.54. The number of carbonyl (C=O) groups is 2. The first-order valence-corrected chi connectivity index (χ1v) is 9.14. The van der Waals surface area contributed by atoms with Gasteiger partial charge in [-0.05, 0) is 36.4 Å². The Bertz CT molecular complexity index is 1250. The lowest BCUT2D eigenvalue weighted by Crippen LogP contribution is -2.26. The SMILES string of the molecule is COC(=O)Nc1ccc(-c2cnc3ccc(C(=O)N(C)c4ccc(F)nc4)cn23)cn1. The van der Waals surface area contributed by atoms with Crippen molar-refractivity contribution in [2.45, 2.75) is 0 Å². The molecule has 0 spiro atoms. The van der Waals surface area contributed by atoms with E-state index in [1.54, 1.807) is 54.3 Å². The summed E-state index contributed by atoms with van der Waals surface area (Å²) in [6, 6.07) is 9.49. The molecular weight excluding hydrogens is 403 g/mol. The maximum Gasteiger partial charge on any atom is 0.412 e. The maximum absolute atomic E-state index is 13.1. The number of fused-ring (bicyclic) bond motifs is 1. The van der Waals surface area contributed by atoms with Crippen molar-refractivity contribution >= 4 is 29.2 Å². The Morgan fingerprint density at radius 1 is 1.03 bits per heavy atom. The van der Waals surface area contributed by atoms with Gasteiger partial charge in [0.2, 0.25) is 5.95 Å². The van der Waals surface area contributed by atoms with Gasteiger partial charge in [-0.15, -0.1) is 0 Å². The van der Waals surface area contributed by atoms with E-state index in [2.05, 4.69) is 25.0 Å². The molecule has 9 nitrogen and oxygen atoms in total. The van der Waals surface area contributed by atoms with Gasteiger partial charge in [-0.2, -0.15) is 4.39 Å². The van der Waals surface area contributed by atoms with Gasteiger partial charge in [-0.3, -0.25) is 14.5 Å². The monoisotopic (exact) mass is 420 g/mol. The third kappa shape index (κ3) is 4.04. The summed E-state index contributed by atoms with van der Waals surface area (Å²) in [5.74, 6) is -0.559. The minimum atomic E-state index is -0.615. The van der Waals surface area contributed by atoms with E-state index in [0.29, 0.717) is 28.4 Å². The molecule has 0 aromatic carbocycles. The summed E-state index contributed by atoms with van der Waals surface area (Å²) in [6.07, 6.45) is 5.61. The molecule has 0 aliphatic heterocycles. The molecule has 0 bridgehead atoms. The van der Waals surface area contributed by atoms with E-state index < -0.39 is 12.0 Å². The molecule has 4 aromatic rings. The first-order chi connectivity index (χ1) is 15.0. The lowest BCUT2D eigenvalue weighted by molar-refractivity contribution is 0.0992. The van der Waals surface area contributed by atoms with Crippen molar-refractivity contribution < 1.29 is 18.7 Å². The molecule has 156 valence electrons. The van der Waals surface area contributed by atoms with Crippen LogP contribution < -0.4 is 10.2 Å². The zero-order valence-electron chi connectivity index (χ0n) is 16.6. The summed E-state index contributed by atoms with van der Waals surface area (Å²) in [5, 5.41) is 2.48. The Kier molecular flexibility index (Phi) is 5.27. The number of amides is 2. The van der Waals surface area contributed by atoms with Gasteiger partial charge in [0.15, 0.2) is 0 Å². The molecule has 2 amide bonds. The number of anilines is 2. The largest absolute Gasteiger partial charge is 0.453 e. The molecule has 31 heavy (non-hydrogen) atoms. The fourth-order valence-corrected chi connectivity index (χ4v) is 2.97. The Labute approximate surface area is 176 Å². The van der Waals surface area contributed by atoms with E-state index in [0.717, 1.165) is 5.56 Å². The number of hydrogen-bond donors (Lipinski definition) is 1. The highest BCUT2D eigenvalue weighted by molar-refractivity contribution is 6.05. The third-order valence-electron chi connectivity index (χ3n) is 4.63. The summed E-state index contributed by atoms with van der Waals surface area (Å²) < 4.78 is 19.4. The van der Waals surface area contributed by atoms with Crippen molar-refractivity contribution in [3.05, 3.63) is 72.7 Å². The lowest BCUT2D eigenvalue weighted by atomic mass is 10.2. The number of pyridine rings is 3. The van der Waals surface area contributed by atoms with Crippen LogP contribution in [-0.2, 0) is 4.74 Å². The van der Waals surface area contributed by atoms with Crippen molar-refractivity contribution in [1.82, 2.24) is 19.4 Å². The second kappa shape index (κ2) is 8.19. The van der Waals surface area contributed by atoms with Crippen LogP contribution in [0.3, 0.4) is 0 Å². The van der Waals surface area contributed by atoms with Crippen LogP contribution in [0.2, 0.25) is 0 Å². The molecular formula is C21H17FN6O3. The predicted molar refractivity (Wildman–Crippen MR) is 111 cm³/mol. The van der Waals surface area contributed by atoms with Crippen molar-refractivity contribution in [1.29, 1.82) is 0 Å². The van der Waals surface area contributed by atoms with Gasteiger partial charge in [0.05, 0.1) is 36.4 Å². The summed E-state index contributed by atoms with van der Waals surface area (Å²) in [7, 11) is 2.86. The summed E-state index contributed by atoms with van der Waals surface area (Å²) in [5.41, 5.74) is 2.98. The molecule has 4 heterocycles. The average molecular weight is 420 g/mol. The van der Waals surface area contributed by atoms with E-state index in [-0.39, 0.29) is 5.91 Å². The zero-order valence-corrected chi connectivity index (χ0v) is 16.6. The minimum absolute atomic E-state index is 0.286. The van der Waals surface area contributed by atoms with Crippen molar-refractivity contribution in [2.24, 2.45) is 0 Å². The van der Waals surface area contributed by atoms with Crippen LogP contribution in [0.1, 0.15) is 10.4 Å². The molecule has 0 saturated heterocycles. The number of rotatable bonds is 4. The topological polar surface area (TPSA) is 102 Å². The second-order valence-corrected chi connectivity index (χ2v) is 6.54. The first kappa shape index (κ1) is 20.0. The van der Waals surface area contributed by atoms with E-state index in [4.69, 9.17) is 0 Å². The molecule has 0 atom stereocenters. The molecule has 0 unspecified atom stereocenters. The van der Waals surface area contributed by atoms with E-state index in [1.165, 1.54) is 30.3 Å². The highest BCUT2D eigenvalue weighted by Gasteiger charge is 2.16. The number of imidazole rings is 1. The van der Waals surface area contributed by atoms with Crippen LogP contribution in [0.25, 0.3) is 16.9 Å². The molecule has 0 radical (unpaired) electrons. The first-order valence-electron chi connectivity index (χ1n) is 9.14. The molecule has 10 heteroatoms. The smallest absolute Gasteiger partial charge is 0.412 e. The maximum atomic E-state index is 13.1. The molecule has 0 fully saturated rings. The van der Waals surface area contributed by atoms with Gasteiger partial charge < -0.3 is 9.64 Å². The Balaban J connectivity index is 1.64. The minimum Gasteiger partial charge on any atom is -0.453 e. The van der Waals surface area contributed by atoms with Gasteiger partial charge in [0.1, 0.15) is 11.5 Å². The van der Waals surface area contributed by atoms with Crippen molar-refractivity contribution in [3.63, 3.8) is 0 Å². The van der Waals surface area contributed by atoms with Gasteiger partial charge in [-0.1, -0.05) is 0 Å². The molecule has 0 saturated carbocycles. The number of methoxy groups -OCH3 is 1. The van der Waals surface area contributed by atoms with Crippen LogP contribution >= 0.6 is 0 Å². The van der Waals surface area contributed by atoms with Crippen molar-refractivity contribution in [2.75, 3.05) is 24.4 Å². The number of aromatic nitrogens is 4. The number of hydrogen-bond acceptors (Lipinski definition) is 6. The Hall–Kier alpha value is -4.34. The number of carbonyl (C=O) groups excluding carboxylic acids is 2. The van der Waals surface area contributed by atoms with Crippen LogP contribution in [-0.4, -0.2) is 45.5 Å². The lowest BCUT2D eigenvalue weighted by Gasteiger charge is -2.17. The van der Waals surface area contributed by atoms with Crippen LogP contribution in [0, 0.1) is 5.95 Å².